The van der Waals surface area contributed by atoms with Crippen LogP contribution < -0.4 is 4.74 Å². The molecule has 25 heavy (non-hydrogen) atoms. The van der Waals surface area contributed by atoms with Gasteiger partial charge < -0.3 is 19.5 Å². The second kappa shape index (κ2) is 7.83. The molecule has 0 atom stereocenters. The third-order valence-electron chi connectivity index (χ3n) is 4.17. The van der Waals surface area contributed by atoms with Gasteiger partial charge >= 0.3 is 0 Å². The van der Waals surface area contributed by atoms with Crippen molar-refractivity contribution in [3.05, 3.63) is 54.1 Å². The van der Waals surface area contributed by atoms with Crippen LogP contribution in [0.2, 0.25) is 0 Å². The lowest BCUT2D eigenvalue weighted by atomic mass is 10.2. The largest absolute Gasteiger partial charge is 0.484 e. The van der Waals surface area contributed by atoms with E-state index in [0.29, 0.717) is 38.3 Å². The van der Waals surface area contributed by atoms with Gasteiger partial charge in [-0.05, 0) is 36.4 Å². The molecular weight excluding hydrogens is 325 g/mol. The van der Waals surface area contributed by atoms with E-state index in [4.69, 9.17) is 4.74 Å². The van der Waals surface area contributed by atoms with E-state index in [9.17, 15) is 14.0 Å². The molecule has 0 saturated carbocycles. The van der Waals surface area contributed by atoms with Crippen molar-refractivity contribution < 1.29 is 18.7 Å². The third-order valence-corrected chi connectivity index (χ3v) is 4.17. The average Bonchev–Trinajstić information content (AvgIpc) is 3.14. The van der Waals surface area contributed by atoms with E-state index in [1.54, 1.807) is 16.0 Å². The maximum atomic E-state index is 12.8. The van der Waals surface area contributed by atoms with E-state index in [1.807, 2.05) is 12.1 Å². The van der Waals surface area contributed by atoms with Crippen molar-refractivity contribution in [3.8, 4) is 5.75 Å². The Bertz CT molecular complexity index is 708. The molecule has 132 valence electrons. The molecule has 0 aliphatic carbocycles. The summed E-state index contributed by atoms with van der Waals surface area (Å²) in [5, 5.41) is 0. The van der Waals surface area contributed by atoms with Crippen LogP contribution in [0.1, 0.15) is 5.69 Å². The lowest BCUT2D eigenvalue weighted by Crippen LogP contribution is -2.52. The molecule has 7 heteroatoms. The minimum absolute atomic E-state index is 0.0529. The Morgan fingerprint density at radius 1 is 1.00 bits per heavy atom. The highest BCUT2D eigenvalue weighted by molar-refractivity contribution is 5.80. The van der Waals surface area contributed by atoms with Crippen molar-refractivity contribution in [3.63, 3.8) is 0 Å². The van der Waals surface area contributed by atoms with Crippen LogP contribution in [-0.4, -0.2) is 59.4 Å². The summed E-state index contributed by atoms with van der Waals surface area (Å²) in [5.74, 6) is 0.0197. The third kappa shape index (κ3) is 4.59. The number of ether oxygens (including phenoxy) is 1. The molecule has 1 aromatic heterocycles. The van der Waals surface area contributed by atoms with E-state index < -0.39 is 0 Å². The van der Waals surface area contributed by atoms with Crippen LogP contribution in [0.4, 0.5) is 4.39 Å². The van der Waals surface area contributed by atoms with Gasteiger partial charge in [-0.2, -0.15) is 0 Å². The van der Waals surface area contributed by atoms with Crippen LogP contribution in [0.25, 0.3) is 0 Å². The number of benzene rings is 1. The first-order valence-electron chi connectivity index (χ1n) is 8.18. The normalized spacial score (nSPS) is 14.4. The molecule has 1 fully saturated rings. The Morgan fingerprint density at radius 2 is 1.64 bits per heavy atom. The van der Waals surface area contributed by atoms with E-state index in [-0.39, 0.29) is 24.2 Å². The number of hydrogen-bond acceptors (Lipinski definition) is 3. The lowest BCUT2D eigenvalue weighted by molar-refractivity contribution is -0.140. The molecule has 1 saturated heterocycles. The zero-order valence-corrected chi connectivity index (χ0v) is 13.8. The SMILES string of the molecule is O=C(COc1ccc(F)cc1)N1CCN(C(=O)Cc2ccc[nH]2)CC1. The minimum atomic E-state index is -0.348. The Balaban J connectivity index is 1.42. The number of aromatic amines is 1. The zero-order chi connectivity index (χ0) is 17.6. The number of nitrogens with one attached hydrogen (secondary N) is 1. The van der Waals surface area contributed by atoms with Gasteiger partial charge in [-0.1, -0.05) is 0 Å². The first-order valence-corrected chi connectivity index (χ1v) is 8.18. The van der Waals surface area contributed by atoms with Gasteiger partial charge in [-0.25, -0.2) is 4.39 Å². The van der Waals surface area contributed by atoms with Gasteiger partial charge in [0.05, 0.1) is 6.42 Å². The number of aromatic nitrogens is 1. The molecule has 0 unspecified atom stereocenters. The fourth-order valence-electron chi connectivity index (χ4n) is 2.72. The van der Waals surface area contributed by atoms with Crippen LogP contribution in [-0.2, 0) is 16.0 Å². The maximum Gasteiger partial charge on any atom is 0.260 e. The molecule has 6 nitrogen and oxygen atoms in total. The second-order valence-electron chi connectivity index (χ2n) is 5.88. The summed E-state index contributed by atoms with van der Waals surface area (Å²) in [5.41, 5.74) is 0.885. The van der Waals surface area contributed by atoms with Crippen molar-refractivity contribution in [2.24, 2.45) is 0 Å². The van der Waals surface area contributed by atoms with Crippen LogP contribution in [0.5, 0.6) is 5.75 Å². The van der Waals surface area contributed by atoms with Gasteiger partial charge in [-0.15, -0.1) is 0 Å². The molecule has 2 aromatic rings. The highest BCUT2D eigenvalue weighted by atomic mass is 19.1. The topological polar surface area (TPSA) is 65.6 Å². The molecule has 2 amide bonds. The molecule has 0 radical (unpaired) electrons. The number of rotatable bonds is 5. The van der Waals surface area contributed by atoms with Crippen LogP contribution in [0.15, 0.2) is 42.6 Å². The predicted octanol–water partition coefficient (Wildman–Crippen LogP) is 1.45. The molecular formula is C18H20FN3O3. The predicted molar refractivity (Wildman–Crippen MR) is 89.6 cm³/mol. The molecule has 1 aliphatic heterocycles. The van der Waals surface area contributed by atoms with Gasteiger partial charge in [0.1, 0.15) is 11.6 Å². The Morgan fingerprint density at radius 3 is 2.24 bits per heavy atom. The van der Waals surface area contributed by atoms with E-state index in [2.05, 4.69) is 4.98 Å². The first-order chi connectivity index (χ1) is 12.1. The minimum Gasteiger partial charge on any atom is -0.484 e. The molecule has 0 bridgehead atoms. The van der Waals surface area contributed by atoms with Crippen molar-refractivity contribution in [2.75, 3.05) is 32.8 Å². The van der Waals surface area contributed by atoms with E-state index >= 15 is 0 Å². The summed E-state index contributed by atoms with van der Waals surface area (Å²) in [6.07, 6.45) is 2.13. The number of amides is 2. The van der Waals surface area contributed by atoms with E-state index in [0.717, 1.165) is 5.69 Å². The van der Waals surface area contributed by atoms with Gasteiger partial charge in [0.2, 0.25) is 5.91 Å². The maximum absolute atomic E-state index is 12.8. The summed E-state index contributed by atoms with van der Waals surface area (Å²) < 4.78 is 18.2. The number of carbonyl (C=O) groups is 2. The quantitative estimate of drug-likeness (QED) is 0.892. The lowest BCUT2D eigenvalue weighted by Gasteiger charge is -2.34. The number of H-pyrrole nitrogens is 1. The number of halogens is 1. The summed E-state index contributed by atoms with van der Waals surface area (Å²) >= 11 is 0. The van der Waals surface area contributed by atoms with Crippen molar-refractivity contribution in [1.29, 1.82) is 0 Å². The standard InChI is InChI=1S/C18H20FN3O3/c19-14-3-5-16(6-4-14)25-13-18(24)22-10-8-21(9-11-22)17(23)12-15-2-1-7-20-15/h1-7,20H,8-13H2. The van der Waals surface area contributed by atoms with Gasteiger partial charge in [0.15, 0.2) is 6.61 Å². The summed E-state index contributed by atoms with van der Waals surface area (Å²) in [4.78, 5) is 30.9. The molecule has 3 rings (SSSR count). The number of piperazine rings is 1. The van der Waals surface area contributed by atoms with Crippen molar-refractivity contribution in [1.82, 2.24) is 14.8 Å². The monoisotopic (exact) mass is 345 g/mol. The summed E-state index contributed by atoms with van der Waals surface area (Å²) in [6, 6.07) is 9.28. The van der Waals surface area contributed by atoms with Crippen LogP contribution in [0.3, 0.4) is 0 Å². The zero-order valence-electron chi connectivity index (χ0n) is 13.8. The Labute approximate surface area is 145 Å². The first kappa shape index (κ1) is 17.0. The molecule has 1 aliphatic rings. The fourth-order valence-corrected chi connectivity index (χ4v) is 2.72. The smallest absolute Gasteiger partial charge is 0.260 e. The van der Waals surface area contributed by atoms with Crippen LogP contribution >= 0.6 is 0 Å². The Hall–Kier alpha value is -2.83. The highest BCUT2D eigenvalue weighted by Gasteiger charge is 2.24. The number of hydrogen-bond donors (Lipinski definition) is 1. The van der Waals surface area contributed by atoms with Crippen molar-refractivity contribution in [2.45, 2.75) is 6.42 Å². The van der Waals surface area contributed by atoms with E-state index in [1.165, 1.54) is 24.3 Å². The molecule has 1 N–H and O–H groups in total. The Kier molecular flexibility index (Phi) is 5.33. The van der Waals surface area contributed by atoms with Crippen molar-refractivity contribution >= 4 is 11.8 Å². The number of nitrogens with zero attached hydrogens (tertiary/aromatic N) is 2. The van der Waals surface area contributed by atoms with Gasteiger partial charge in [0.25, 0.3) is 5.91 Å². The summed E-state index contributed by atoms with van der Waals surface area (Å²) in [7, 11) is 0. The van der Waals surface area contributed by atoms with Gasteiger partial charge in [-0.3, -0.25) is 9.59 Å². The number of carbonyl (C=O) groups excluding carboxylic acids is 2. The van der Waals surface area contributed by atoms with Gasteiger partial charge in [0, 0.05) is 38.1 Å². The molecule has 1 aromatic carbocycles. The molecule has 0 spiro atoms. The fraction of sp³-hybridized carbons (Fsp3) is 0.333. The second-order valence-corrected chi connectivity index (χ2v) is 5.88. The summed E-state index contributed by atoms with van der Waals surface area (Å²) in [6.45, 7) is 1.91. The average molecular weight is 345 g/mol. The van der Waals surface area contributed by atoms with Crippen LogP contribution in [0, 0.1) is 5.82 Å². The highest BCUT2D eigenvalue weighted by Crippen LogP contribution is 2.12. The molecule has 2 heterocycles.